The summed E-state index contributed by atoms with van der Waals surface area (Å²) in [5.41, 5.74) is 1.19. The fourth-order valence-corrected chi connectivity index (χ4v) is 2.29. The van der Waals surface area contributed by atoms with Crippen LogP contribution in [0.4, 0.5) is 4.39 Å². The summed E-state index contributed by atoms with van der Waals surface area (Å²) in [7, 11) is 1.59. The molecule has 0 aromatic heterocycles. The van der Waals surface area contributed by atoms with Crippen LogP contribution in [0.3, 0.4) is 0 Å². The lowest BCUT2D eigenvalue weighted by atomic mass is 10.0. The lowest BCUT2D eigenvalue weighted by molar-refractivity contribution is 0.397. The van der Waals surface area contributed by atoms with Crippen molar-refractivity contribution in [2.75, 3.05) is 7.11 Å². The zero-order valence-electron chi connectivity index (χ0n) is 12.8. The van der Waals surface area contributed by atoms with Crippen molar-refractivity contribution in [2.45, 2.75) is 6.17 Å². The monoisotopic (exact) mass is 308 g/mol. The molecular formula is C20H17FO2. The first kappa shape index (κ1) is 15.1. The van der Waals surface area contributed by atoms with Crippen LogP contribution in [0.15, 0.2) is 78.9 Å². The van der Waals surface area contributed by atoms with Crippen LogP contribution in [0.25, 0.3) is 0 Å². The van der Waals surface area contributed by atoms with Gasteiger partial charge in [0.15, 0.2) is 6.17 Å². The minimum Gasteiger partial charge on any atom is -0.497 e. The number of methoxy groups -OCH3 is 1. The molecule has 2 nitrogen and oxygen atoms in total. The van der Waals surface area contributed by atoms with Gasteiger partial charge in [-0.2, -0.15) is 0 Å². The smallest absolute Gasteiger partial charge is 0.150 e. The zero-order valence-corrected chi connectivity index (χ0v) is 12.8. The minimum absolute atomic E-state index is 0.593. The minimum atomic E-state index is -1.17. The number of hydrogen-bond acceptors (Lipinski definition) is 2. The average Bonchev–Trinajstić information content (AvgIpc) is 2.63. The quantitative estimate of drug-likeness (QED) is 0.615. The van der Waals surface area contributed by atoms with Crippen LogP contribution >= 0.6 is 0 Å². The van der Waals surface area contributed by atoms with E-state index in [0.29, 0.717) is 22.6 Å². The van der Waals surface area contributed by atoms with E-state index in [-0.39, 0.29) is 0 Å². The number of benzene rings is 3. The maximum atomic E-state index is 14.6. The molecule has 3 aromatic rings. The number of ether oxygens (including phenoxy) is 2. The number of para-hydroxylation sites is 1. The normalized spacial score (nSPS) is 11.7. The topological polar surface area (TPSA) is 18.5 Å². The van der Waals surface area contributed by atoms with E-state index in [1.807, 2.05) is 30.3 Å². The van der Waals surface area contributed by atoms with Crippen molar-refractivity contribution in [1.29, 1.82) is 0 Å². The Kier molecular flexibility index (Phi) is 4.57. The van der Waals surface area contributed by atoms with E-state index >= 15 is 0 Å². The Bertz CT molecular complexity index is 737. The van der Waals surface area contributed by atoms with Gasteiger partial charge in [0, 0.05) is 0 Å². The maximum absolute atomic E-state index is 14.6. The molecule has 23 heavy (non-hydrogen) atoms. The largest absolute Gasteiger partial charge is 0.497 e. The Morgan fingerprint density at radius 2 is 1.13 bits per heavy atom. The van der Waals surface area contributed by atoms with Crippen molar-refractivity contribution in [3.8, 4) is 17.2 Å². The third kappa shape index (κ3) is 3.69. The summed E-state index contributed by atoms with van der Waals surface area (Å²) in [4.78, 5) is 0. The summed E-state index contributed by atoms with van der Waals surface area (Å²) in [5.74, 6) is 2.15. The van der Waals surface area contributed by atoms with Crippen molar-refractivity contribution in [3.05, 3.63) is 90.0 Å². The molecule has 0 aliphatic heterocycles. The highest BCUT2D eigenvalue weighted by Crippen LogP contribution is 2.29. The summed E-state index contributed by atoms with van der Waals surface area (Å²) in [6, 6.07) is 23.5. The average molecular weight is 308 g/mol. The van der Waals surface area contributed by atoms with Crippen molar-refractivity contribution in [1.82, 2.24) is 0 Å². The summed E-state index contributed by atoms with van der Waals surface area (Å²) in [5, 5.41) is 0. The Morgan fingerprint density at radius 1 is 0.652 bits per heavy atom. The van der Waals surface area contributed by atoms with Crippen LogP contribution < -0.4 is 9.47 Å². The highest BCUT2D eigenvalue weighted by molar-refractivity contribution is 5.38. The zero-order chi connectivity index (χ0) is 16.1. The predicted octanol–water partition coefficient (Wildman–Crippen LogP) is 5.55. The van der Waals surface area contributed by atoms with Gasteiger partial charge in [0.2, 0.25) is 0 Å². The van der Waals surface area contributed by atoms with E-state index in [2.05, 4.69) is 0 Å². The second-order valence-corrected chi connectivity index (χ2v) is 5.12. The van der Waals surface area contributed by atoms with E-state index in [0.717, 1.165) is 5.75 Å². The fourth-order valence-electron chi connectivity index (χ4n) is 2.29. The molecule has 0 N–H and O–H groups in total. The molecule has 3 aromatic carbocycles. The third-order valence-corrected chi connectivity index (χ3v) is 3.56. The van der Waals surface area contributed by atoms with Crippen LogP contribution in [0.2, 0.25) is 0 Å². The van der Waals surface area contributed by atoms with Crippen molar-refractivity contribution >= 4 is 0 Å². The van der Waals surface area contributed by atoms with Crippen LogP contribution in [-0.4, -0.2) is 7.11 Å². The highest BCUT2D eigenvalue weighted by Gasteiger charge is 2.12. The molecule has 0 spiro atoms. The van der Waals surface area contributed by atoms with Gasteiger partial charge in [0.1, 0.15) is 17.2 Å². The standard InChI is InChI=1S/C20H17FO2/c1-22-17-11-7-15(8-12-17)20(21)16-9-13-19(14-10-16)23-18-5-3-2-4-6-18/h2-14,20H,1H3. The molecule has 3 heteroatoms. The van der Waals surface area contributed by atoms with Gasteiger partial charge in [-0.15, -0.1) is 0 Å². The van der Waals surface area contributed by atoms with Gasteiger partial charge >= 0.3 is 0 Å². The lowest BCUT2D eigenvalue weighted by Crippen LogP contribution is -1.95. The molecule has 0 fully saturated rings. The summed E-state index contributed by atoms with van der Waals surface area (Å²) in [6.07, 6.45) is -1.17. The second-order valence-electron chi connectivity index (χ2n) is 5.12. The van der Waals surface area contributed by atoms with Gasteiger partial charge in [-0.25, -0.2) is 4.39 Å². The van der Waals surface area contributed by atoms with Crippen molar-refractivity contribution < 1.29 is 13.9 Å². The molecule has 1 atom stereocenters. The van der Waals surface area contributed by atoms with Gasteiger partial charge in [-0.3, -0.25) is 0 Å². The van der Waals surface area contributed by atoms with Crippen LogP contribution in [0.5, 0.6) is 17.2 Å². The van der Waals surface area contributed by atoms with Crippen LogP contribution in [0, 0.1) is 0 Å². The van der Waals surface area contributed by atoms with Gasteiger partial charge in [0.05, 0.1) is 7.11 Å². The van der Waals surface area contributed by atoms with Gasteiger partial charge < -0.3 is 9.47 Å². The number of alkyl halides is 1. The van der Waals surface area contributed by atoms with Crippen LogP contribution in [-0.2, 0) is 0 Å². The molecule has 0 saturated carbocycles. The molecule has 0 amide bonds. The summed E-state index contributed by atoms with van der Waals surface area (Å²) < 4.78 is 25.4. The second kappa shape index (κ2) is 6.97. The van der Waals surface area contributed by atoms with E-state index < -0.39 is 6.17 Å². The molecular weight excluding hydrogens is 291 g/mol. The molecule has 116 valence electrons. The van der Waals surface area contributed by atoms with Crippen molar-refractivity contribution in [2.24, 2.45) is 0 Å². The predicted molar refractivity (Wildman–Crippen MR) is 88.9 cm³/mol. The summed E-state index contributed by atoms with van der Waals surface area (Å²) >= 11 is 0. The van der Waals surface area contributed by atoms with Gasteiger partial charge in [-0.1, -0.05) is 42.5 Å². The Labute approximate surface area is 135 Å². The van der Waals surface area contributed by atoms with Gasteiger partial charge in [0.25, 0.3) is 0 Å². The number of rotatable bonds is 5. The SMILES string of the molecule is COc1ccc(C(F)c2ccc(Oc3ccccc3)cc2)cc1. The number of hydrogen-bond donors (Lipinski definition) is 0. The van der Waals surface area contributed by atoms with E-state index in [9.17, 15) is 4.39 Å². The first-order chi connectivity index (χ1) is 11.3. The Hall–Kier alpha value is -2.81. The lowest BCUT2D eigenvalue weighted by Gasteiger charge is -2.11. The molecule has 1 unspecified atom stereocenters. The Balaban J connectivity index is 1.73. The molecule has 3 rings (SSSR count). The Morgan fingerprint density at radius 3 is 1.65 bits per heavy atom. The highest BCUT2D eigenvalue weighted by atomic mass is 19.1. The molecule has 0 radical (unpaired) electrons. The first-order valence-corrected chi connectivity index (χ1v) is 7.37. The van der Waals surface area contributed by atoms with E-state index in [1.165, 1.54) is 0 Å². The molecule has 0 aliphatic rings. The molecule has 0 aliphatic carbocycles. The molecule has 0 saturated heterocycles. The molecule has 0 bridgehead atoms. The number of halogens is 1. The van der Waals surface area contributed by atoms with E-state index in [1.54, 1.807) is 55.6 Å². The third-order valence-electron chi connectivity index (χ3n) is 3.56. The van der Waals surface area contributed by atoms with E-state index in [4.69, 9.17) is 9.47 Å². The van der Waals surface area contributed by atoms with Gasteiger partial charge in [-0.05, 0) is 47.5 Å². The first-order valence-electron chi connectivity index (χ1n) is 7.37. The maximum Gasteiger partial charge on any atom is 0.150 e. The fraction of sp³-hybridized carbons (Fsp3) is 0.100. The van der Waals surface area contributed by atoms with Crippen LogP contribution in [0.1, 0.15) is 17.3 Å². The summed E-state index contributed by atoms with van der Waals surface area (Å²) in [6.45, 7) is 0. The molecule has 0 heterocycles. The van der Waals surface area contributed by atoms with Crippen molar-refractivity contribution in [3.63, 3.8) is 0 Å².